The van der Waals surface area contributed by atoms with E-state index in [-0.39, 0.29) is 11.9 Å². The number of quaternary nitrogens is 2. The normalized spacial score (nSPS) is 25.1. The molecule has 2 atom stereocenters. The first-order chi connectivity index (χ1) is 10.1. The van der Waals surface area contributed by atoms with E-state index in [1.54, 1.807) is 4.90 Å². The molecule has 1 saturated heterocycles. The Morgan fingerprint density at radius 1 is 1.33 bits per heavy atom. The van der Waals surface area contributed by atoms with Gasteiger partial charge in [0, 0.05) is 12.8 Å². The van der Waals surface area contributed by atoms with Crippen LogP contribution in [-0.4, -0.2) is 45.7 Å². The van der Waals surface area contributed by atoms with E-state index in [1.807, 2.05) is 25.1 Å². The highest BCUT2D eigenvalue weighted by atomic mass is 16.2. The Kier molecular flexibility index (Phi) is 5.76. The first kappa shape index (κ1) is 16.0. The van der Waals surface area contributed by atoms with Gasteiger partial charge in [0.15, 0.2) is 6.54 Å². The molecule has 0 bridgehead atoms. The molecule has 1 aliphatic heterocycles. The number of amides is 1. The molecule has 1 amide bonds. The van der Waals surface area contributed by atoms with Gasteiger partial charge in [-0.2, -0.15) is 0 Å². The lowest BCUT2D eigenvalue weighted by Crippen LogP contribution is -3.18. The topological polar surface area (TPSA) is 38.0 Å². The zero-order valence-electron chi connectivity index (χ0n) is 13.5. The largest absolute Gasteiger partial charge is 0.345 e. The van der Waals surface area contributed by atoms with Gasteiger partial charge in [-0.1, -0.05) is 30.3 Å². The average molecular weight is 291 g/mol. The third-order valence-corrected chi connectivity index (χ3v) is 4.65. The fourth-order valence-corrected chi connectivity index (χ4v) is 3.12. The molecule has 1 aromatic carbocycles. The van der Waals surface area contributed by atoms with Gasteiger partial charge >= 0.3 is 0 Å². The fourth-order valence-electron chi connectivity index (χ4n) is 3.12. The average Bonchev–Trinajstić information content (AvgIpc) is 2.48. The fraction of sp³-hybridized carbons (Fsp3) is 0.588. The highest BCUT2D eigenvalue weighted by Gasteiger charge is 2.27. The minimum absolute atomic E-state index is 0.0773. The predicted molar refractivity (Wildman–Crippen MR) is 84.4 cm³/mol. The van der Waals surface area contributed by atoms with E-state index in [0.29, 0.717) is 12.6 Å². The molecule has 0 spiro atoms. The van der Waals surface area contributed by atoms with Crippen molar-refractivity contribution in [2.24, 2.45) is 0 Å². The molecule has 1 heterocycles. The van der Waals surface area contributed by atoms with Crippen molar-refractivity contribution in [2.45, 2.75) is 31.8 Å². The second-order valence-corrected chi connectivity index (χ2v) is 6.45. The molecule has 3 N–H and O–H groups in total. The molecule has 1 aliphatic rings. The van der Waals surface area contributed by atoms with Gasteiger partial charge in [-0.15, -0.1) is 0 Å². The quantitative estimate of drug-likeness (QED) is 0.643. The van der Waals surface area contributed by atoms with Crippen molar-refractivity contribution >= 4 is 5.91 Å². The summed E-state index contributed by atoms with van der Waals surface area (Å²) in [4.78, 5) is 15.2. The molecule has 1 unspecified atom stereocenters. The van der Waals surface area contributed by atoms with Crippen LogP contribution >= 0.6 is 0 Å². The number of carbonyl (C=O) groups excluding carboxylic acids is 1. The van der Waals surface area contributed by atoms with E-state index in [4.69, 9.17) is 0 Å². The second kappa shape index (κ2) is 7.57. The van der Waals surface area contributed by atoms with Crippen molar-refractivity contribution in [2.75, 3.05) is 33.7 Å². The third kappa shape index (κ3) is 4.83. The van der Waals surface area contributed by atoms with Crippen LogP contribution in [0.1, 0.15) is 31.4 Å². The molecule has 2 rings (SSSR count). The maximum Gasteiger partial charge on any atom is 0.275 e. The second-order valence-electron chi connectivity index (χ2n) is 6.45. The van der Waals surface area contributed by atoms with Gasteiger partial charge in [0.1, 0.15) is 0 Å². The summed E-state index contributed by atoms with van der Waals surface area (Å²) in [6, 6.07) is 10.8. The first-order valence-electron chi connectivity index (χ1n) is 8.04. The lowest BCUT2D eigenvalue weighted by Gasteiger charge is -2.30. The smallest absolute Gasteiger partial charge is 0.275 e. The van der Waals surface area contributed by atoms with Crippen molar-refractivity contribution in [1.29, 1.82) is 0 Å². The van der Waals surface area contributed by atoms with Gasteiger partial charge < -0.3 is 15.1 Å². The summed E-state index contributed by atoms with van der Waals surface area (Å²) in [5.41, 5.74) is 1.16. The van der Waals surface area contributed by atoms with Crippen LogP contribution in [0.25, 0.3) is 0 Å². The molecule has 0 aliphatic carbocycles. The number of likely N-dealkylation sites (N-methyl/N-ethyl adjacent to an activating group) is 1. The number of piperidine rings is 1. The lowest BCUT2D eigenvalue weighted by atomic mass is 10.0. The Hall–Kier alpha value is -1.39. The van der Waals surface area contributed by atoms with Crippen molar-refractivity contribution in [3.05, 3.63) is 35.9 Å². The zero-order chi connectivity index (χ0) is 15.2. The van der Waals surface area contributed by atoms with Crippen molar-refractivity contribution in [1.82, 2.24) is 5.32 Å². The van der Waals surface area contributed by atoms with Crippen molar-refractivity contribution < 1.29 is 14.6 Å². The minimum atomic E-state index is 0.0773. The lowest BCUT2D eigenvalue weighted by molar-refractivity contribution is -0.935. The van der Waals surface area contributed by atoms with Crippen LogP contribution in [-0.2, 0) is 4.79 Å². The van der Waals surface area contributed by atoms with Gasteiger partial charge in [-0.25, -0.2) is 0 Å². The molecule has 4 heteroatoms. The van der Waals surface area contributed by atoms with Crippen LogP contribution in [0, 0.1) is 0 Å². The minimum Gasteiger partial charge on any atom is -0.345 e. The number of benzene rings is 1. The Balaban J connectivity index is 1.78. The Bertz CT molecular complexity index is 441. The molecule has 116 valence electrons. The van der Waals surface area contributed by atoms with E-state index in [0.717, 1.165) is 5.56 Å². The molecule has 21 heavy (non-hydrogen) atoms. The number of carbonyl (C=O) groups is 1. The predicted octanol–water partition coefficient (Wildman–Crippen LogP) is -0.944. The van der Waals surface area contributed by atoms with E-state index in [2.05, 4.69) is 31.5 Å². The van der Waals surface area contributed by atoms with Gasteiger partial charge in [-0.05, 0) is 12.5 Å². The molecule has 0 radical (unpaired) electrons. The molecule has 4 nitrogen and oxygen atoms in total. The summed E-state index contributed by atoms with van der Waals surface area (Å²) in [6.07, 6.45) is 2.44. The number of hydrogen-bond acceptors (Lipinski definition) is 1. The van der Waals surface area contributed by atoms with Crippen LogP contribution in [0.5, 0.6) is 0 Å². The van der Waals surface area contributed by atoms with Crippen LogP contribution in [0.2, 0.25) is 0 Å². The van der Waals surface area contributed by atoms with E-state index in [1.165, 1.54) is 30.8 Å². The Morgan fingerprint density at radius 3 is 2.57 bits per heavy atom. The Morgan fingerprint density at radius 2 is 1.95 bits per heavy atom. The van der Waals surface area contributed by atoms with Gasteiger partial charge in [-0.3, -0.25) is 4.79 Å². The Labute approximate surface area is 128 Å². The highest BCUT2D eigenvalue weighted by molar-refractivity contribution is 5.77. The summed E-state index contributed by atoms with van der Waals surface area (Å²) in [5.74, 6) is 0.148. The molecule has 0 aromatic heterocycles. The van der Waals surface area contributed by atoms with E-state index in [9.17, 15) is 4.79 Å². The molecular formula is C17H29N3O+2. The summed E-state index contributed by atoms with van der Waals surface area (Å²) in [6.45, 7) is 5.07. The molecule has 1 aromatic rings. The summed E-state index contributed by atoms with van der Waals surface area (Å²) in [5, 5.41) is 3.11. The zero-order valence-corrected chi connectivity index (χ0v) is 13.5. The SMILES string of the molecule is C[C@H](NC(=O)C[NH+](C)C1CC[NH+](C)CC1)c1ccccc1. The van der Waals surface area contributed by atoms with Gasteiger partial charge in [0.05, 0.1) is 39.3 Å². The first-order valence-corrected chi connectivity index (χ1v) is 8.04. The maximum atomic E-state index is 12.2. The number of likely N-dealkylation sites (tertiary alicyclic amines) is 1. The standard InChI is InChI=1S/C17H27N3O/c1-14(15-7-5-4-6-8-15)18-17(21)13-20(3)16-9-11-19(2)12-10-16/h4-8,14,16H,9-13H2,1-3H3,(H,18,21)/p+2/t14-/m0/s1. The van der Waals surface area contributed by atoms with Gasteiger partial charge in [0.2, 0.25) is 0 Å². The molecular weight excluding hydrogens is 262 g/mol. The summed E-state index contributed by atoms with van der Waals surface area (Å²) in [7, 11) is 4.40. The molecule has 0 saturated carbocycles. The van der Waals surface area contributed by atoms with Crippen molar-refractivity contribution in [3.63, 3.8) is 0 Å². The molecule has 1 fully saturated rings. The number of rotatable bonds is 5. The van der Waals surface area contributed by atoms with Crippen LogP contribution in [0.15, 0.2) is 30.3 Å². The monoisotopic (exact) mass is 291 g/mol. The van der Waals surface area contributed by atoms with E-state index < -0.39 is 0 Å². The summed E-state index contributed by atoms with van der Waals surface area (Å²) >= 11 is 0. The van der Waals surface area contributed by atoms with E-state index >= 15 is 0 Å². The third-order valence-electron chi connectivity index (χ3n) is 4.65. The van der Waals surface area contributed by atoms with Crippen molar-refractivity contribution in [3.8, 4) is 0 Å². The van der Waals surface area contributed by atoms with Crippen LogP contribution < -0.4 is 15.1 Å². The van der Waals surface area contributed by atoms with Crippen LogP contribution in [0.4, 0.5) is 0 Å². The maximum absolute atomic E-state index is 12.2. The number of nitrogens with one attached hydrogen (secondary N) is 3. The highest BCUT2D eigenvalue weighted by Crippen LogP contribution is 2.10. The number of hydrogen-bond donors (Lipinski definition) is 3. The van der Waals surface area contributed by atoms with Crippen LogP contribution in [0.3, 0.4) is 0 Å². The van der Waals surface area contributed by atoms with Gasteiger partial charge in [0.25, 0.3) is 5.91 Å². The summed E-state index contributed by atoms with van der Waals surface area (Å²) < 4.78 is 0.